The summed E-state index contributed by atoms with van der Waals surface area (Å²) in [6.45, 7) is 1.76. The molecule has 3 aromatic rings. The fraction of sp³-hybridized carbons (Fsp3) is 0.0714. The van der Waals surface area contributed by atoms with Gasteiger partial charge in [0.05, 0.1) is 5.69 Å². The Hall–Kier alpha value is -1.98. The second-order valence-corrected chi connectivity index (χ2v) is 5.88. The van der Waals surface area contributed by atoms with Crippen LogP contribution in [0.3, 0.4) is 0 Å². The molecule has 0 atom stereocenters. The molecule has 3 aromatic heterocycles. The van der Waals surface area contributed by atoms with E-state index in [2.05, 4.69) is 9.97 Å². The van der Waals surface area contributed by atoms with Crippen molar-refractivity contribution in [1.82, 2.24) is 14.4 Å². The van der Waals surface area contributed by atoms with Crippen molar-refractivity contribution >= 4 is 40.1 Å². The van der Waals surface area contributed by atoms with Gasteiger partial charge in [0.15, 0.2) is 4.96 Å². The summed E-state index contributed by atoms with van der Waals surface area (Å²) in [5.74, 6) is 0. The summed E-state index contributed by atoms with van der Waals surface area (Å²) >= 11 is 7.21. The zero-order valence-electron chi connectivity index (χ0n) is 10.6. The molecule has 0 N–H and O–H groups in total. The van der Waals surface area contributed by atoms with Gasteiger partial charge in [0.2, 0.25) is 0 Å². The van der Waals surface area contributed by atoms with Gasteiger partial charge < -0.3 is 0 Å². The summed E-state index contributed by atoms with van der Waals surface area (Å²) in [6, 6.07) is 3.79. The lowest BCUT2D eigenvalue weighted by molar-refractivity contribution is 1.03. The van der Waals surface area contributed by atoms with E-state index in [1.165, 1.54) is 15.7 Å². The third-order valence-electron chi connectivity index (χ3n) is 2.88. The highest BCUT2D eigenvalue weighted by molar-refractivity contribution is 7.20. The van der Waals surface area contributed by atoms with Crippen LogP contribution in [-0.4, -0.2) is 14.4 Å². The number of pyridine rings is 1. The molecule has 0 spiro atoms. The molecule has 0 saturated heterocycles. The van der Waals surface area contributed by atoms with Crippen molar-refractivity contribution < 1.29 is 0 Å². The van der Waals surface area contributed by atoms with Gasteiger partial charge in [-0.2, -0.15) is 0 Å². The van der Waals surface area contributed by atoms with Gasteiger partial charge in [-0.05, 0) is 24.6 Å². The van der Waals surface area contributed by atoms with E-state index in [0.29, 0.717) is 20.6 Å². The van der Waals surface area contributed by atoms with E-state index in [4.69, 9.17) is 11.6 Å². The quantitative estimate of drug-likeness (QED) is 0.730. The highest BCUT2D eigenvalue weighted by Gasteiger charge is 2.09. The zero-order chi connectivity index (χ0) is 14.1. The van der Waals surface area contributed by atoms with Gasteiger partial charge in [-0.25, -0.2) is 4.98 Å². The molecule has 3 rings (SSSR count). The Kier molecular flexibility index (Phi) is 3.38. The molecular formula is C14H10ClN3OS. The third kappa shape index (κ3) is 2.37. The normalized spacial score (nSPS) is 11.5. The highest BCUT2D eigenvalue weighted by Crippen LogP contribution is 2.21. The first-order chi connectivity index (χ1) is 9.65. The summed E-state index contributed by atoms with van der Waals surface area (Å²) in [4.78, 5) is 21.3. The van der Waals surface area contributed by atoms with Crippen molar-refractivity contribution in [3.05, 3.63) is 62.2 Å². The molecule has 0 unspecified atom stereocenters. The van der Waals surface area contributed by atoms with Gasteiger partial charge in [0, 0.05) is 24.2 Å². The molecule has 0 aliphatic carbocycles. The largest absolute Gasteiger partial charge is 0.269 e. The van der Waals surface area contributed by atoms with E-state index < -0.39 is 0 Å². The third-order valence-corrected chi connectivity index (χ3v) is 3.98. The van der Waals surface area contributed by atoms with E-state index in [1.54, 1.807) is 25.5 Å². The van der Waals surface area contributed by atoms with Crippen LogP contribution in [0, 0.1) is 6.92 Å². The SMILES string of the molecule is Cc1c(C=Cc2cccnc2)nc2sc(Cl)cn2c1=O. The molecule has 100 valence electrons. The van der Waals surface area contributed by atoms with Crippen LogP contribution in [0.4, 0.5) is 0 Å². The molecule has 0 saturated carbocycles. The van der Waals surface area contributed by atoms with Gasteiger partial charge in [-0.15, -0.1) is 0 Å². The van der Waals surface area contributed by atoms with E-state index in [9.17, 15) is 4.79 Å². The minimum Gasteiger partial charge on any atom is -0.269 e. The second kappa shape index (κ2) is 5.19. The maximum absolute atomic E-state index is 12.2. The molecule has 0 bridgehead atoms. The minimum atomic E-state index is -0.0935. The Labute approximate surface area is 124 Å². The molecule has 0 fully saturated rings. The minimum absolute atomic E-state index is 0.0935. The molecular weight excluding hydrogens is 294 g/mol. The van der Waals surface area contributed by atoms with Gasteiger partial charge in [0.25, 0.3) is 5.56 Å². The van der Waals surface area contributed by atoms with Crippen LogP contribution in [0.15, 0.2) is 35.5 Å². The molecule has 0 aromatic carbocycles. The van der Waals surface area contributed by atoms with Crippen molar-refractivity contribution in [2.24, 2.45) is 0 Å². The topological polar surface area (TPSA) is 47.3 Å². The van der Waals surface area contributed by atoms with Gasteiger partial charge in [0.1, 0.15) is 4.34 Å². The highest BCUT2D eigenvalue weighted by atomic mass is 35.5. The first-order valence-corrected chi connectivity index (χ1v) is 7.11. The number of fused-ring (bicyclic) bond motifs is 1. The number of thiazole rings is 1. The average Bonchev–Trinajstić information content (AvgIpc) is 2.83. The number of aromatic nitrogens is 3. The summed E-state index contributed by atoms with van der Waals surface area (Å²) in [5.41, 5.74) is 2.11. The first kappa shape index (κ1) is 13.0. The first-order valence-electron chi connectivity index (χ1n) is 5.91. The van der Waals surface area contributed by atoms with E-state index in [1.807, 2.05) is 24.3 Å². The van der Waals surface area contributed by atoms with Crippen LogP contribution in [0.1, 0.15) is 16.8 Å². The maximum Gasteiger partial charge on any atom is 0.262 e. The van der Waals surface area contributed by atoms with Crippen molar-refractivity contribution in [2.45, 2.75) is 6.92 Å². The molecule has 0 aliphatic rings. The fourth-order valence-electron chi connectivity index (χ4n) is 1.83. The molecule has 6 heteroatoms. The molecule has 0 amide bonds. The summed E-state index contributed by atoms with van der Waals surface area (Å²) < 4.78 is 2.02. The lowest BCUT2D eigenvalue weighted by Crippen LogP contribution is -2.17. The zero-order valence-corrected chi connectivity index (χ0v) is 12.1. The Balaban J connectivity index is 2.10. The van der Waals surface area contributed by atoms with Gasteiger partial charge in [-0.1, -0.05) is 35.1 Å². The average molecular weight is 304 g/mol. The lowest BCUT2D eigenvalue weighted by atomic mass is 10.2. The number of hydrogen-bond acceptors (Lipinski definition) is 4. The van der Waals surface area contributed by atoms with E-state index in [0.717, 1.165) is 5.56 Å². The second-order valence-electron chi connectivity index (χ2n) is 4.23. The molecule has 0 radical (unpaired) electrons. The molecule has 3 heterocycles. The van der Waals surface area contributed by atoms with Crippen LogP contribution in [0.2, 0.25) is 4.34 Å². The van der Waals surface area contributed by atoms with Crippen molar-refractivity contribution in [2.75, 3.05) is 0 Å². The van der Waals surface area contributed by atoms with Crippen molar-refractivity contribution in [1.29, 1.82) is 0 Å². The fourth-order valence-corrected chi connectivity index (χ4v) is 2.85. The standard InChI is InChI=1S/C14H10ClN3OS/c1-9-11(5-4-10-3-2-6-16-7-10)17-14-18(13(9)19)8-12(15)20-14/h2-8H,1H3. The number of nitrogens with zero attached hydrogens (tertiary/aromatic N) is 3. The predicted octanol–water partition coefficient (Wildman–Crippen LogP) is 3.28. The van der Waals surface area contributed by atoms with Gasteiger partial charge in [-0.3, -0.25) is 14.2 Å². The Bertz CT molecular complexity index is 852. The summed E-state index contributed by atoms with van der Waals surface area (Å²) in [7, 11) is 0. The van der Waals surface area contributed by atoms with Crippen LogP contribution >= 0.6 is 22.9 Å². The molecule has 0 aliphatic heterocycles. The Morgan fingerprint density at radius 1 is 1.40 bits per heavy atom. The van der Waals surface area contributed by atoms with Crippen LogP contribution < -0.4 is 5.56 Å². The van der Waals surface area contributed by atoms with E-state index >= 15 is 0 Å². The predicted molar refractivity (Wildman–Crippen MR) is 82.3 cm³/mol. The molecule has 4 nitrogen and oxygen atoms in total. The van der Waals surface area contributed by atoms with Crippen molar-refractivity contribution in [3.63, 3.8) is 0 Å². The van der Waals surface area contributed by atoms with E-state index in [-0.39, 0.29) is 5.56 Å². The van der Waals surface area contributed by atoms with Crippen LogP contribution in [0.25, 0.3) is 17.1 Å². The van der Waals surface area contributed by atoms with Crippen LogP contribution in [-0.2, 0) is 0 Å². The maximum atomic E-state index is 12.2. The summed E-state index contributed by atoms with van der Waals surface area (Å²) in [5, 5.41) is 0. The van der Waals surface area contributed by atoms with Gasteiger partial charge >= 0.3 is 0 Å². The Morgan fingerprint density at radius 3 is 3.00 bits per heavy atom. The molecule has 20 heavy (non-hydrogen) atoms. The van der Waals surface area contributed by atoms with Crippen molar-refractivity contribution in [3.8, 4) is 0 Å². The lowest BCUT2D eigenvalue weighted by Gasteiger charge is -2.00. The smallest absolute Gasteiger partial charge is 0.262 e. The van der Waals surface area contributed by atoms with Crippen LogP contribution in [0.5, 0.6) is 0 Å². The number of rotatable bonds is 2. The summed E-state index contributed by atoms with van der Waals surface area (Å²) in [6.07, 6.45) is 8.76. The Morgan fingerprint density at radius 2 is 2.25 bits per heavy atom. The monoisotopic (exact) mass is 303 g/mol. The number of hydrogen-bond donors (Lipinski definition) is 0. The number of halogens is 1.